The third kappa shape index (κ3) is 3.76. The van der Waals surface area contributed by atoms with Gasteiger partial charge in [0.25, 0.3) is 0 Å². The van der Waals surface area contributed by atoms with Gasteiger partial charge in [-0.25, -0.2) is 4.98 Å². The molecule has 0 atom stereocenters. The molecule has 0 unspecified atom stereocenters. The van der Waals surface area contributed by atoms with Crippen molar-refractivity contribution in [1.82, 2.24) is 19.7 Å². The van der Waals surface area contributed by atoms with E-state index in [1.807, 2.05) is 47.0 Å². The molecule has 2 aromatic carbocycles. The van der Waals surface area contributed by atoms with Crippen LogP contribution in [0.5, 0.6) is 11.5 Å². The predicted octanol–water partition coefficient (Wildman–Crippen LogP) is 3.38. The number of ether oxygens (including phenoxy) is 2. The van der Waals surface area contributed by atoms with Gasteiger partial charge in [0, 0.05) is 17.8 Å². The molecule has 1 N–H and O–H groups in total. The number of nitrogens with one attached hydrogen (secondary N) is 1. The zero-order chi connectivity index (χ0) is 19.6. The minimum Gasteiger partial charge on any atom is -0.486 e. The Balaban J connectivity index is 1.26. The first-order valence-electron chi connectivity index (χ1n) is 8.84. The van der Waals surface area contributed by atoms with Crippen LogP contribution in [0.15, 0.2) is 53.9 Å². The average molecular weight is 425 g/mol. The van der Waals surface area contributed by atoms with Gasteiger partial charge in [0.15, 0.2) is 21.8 Å². The van der Waals surface area contributed by atoms with Gasteiger partial charge < -0.3 is 14.8 Å². The van der Waals surface area contributed by atoms with E-state index in [-0.39, 0.29) is 11.7 Å². The van der Waals surface area contributed by atoms with E-state index in [2.05, 4.69) is 20.5 Å². The SMILES string of the molecule is O=C(CSc1nncn1-c1ccccc1)Nc1nc2cc3c(cc2s1)OCCO3. The van der Waals surface area contributed by atoms with Crippen LogP contribution in [0, 0.1) is 0 Å². The topological polar surface area (TPSA) is 91.2 Å². The molecule has 0 saturated heterocycles. The van der Waals surface area contributed by atoms with E-state index in [1.165, 1.54) is 23.1 Å². The number of nitrogens with zero attached hydrogens (tertiary/aromatic N) is 4. The van der Waals surface area contributed by atoms with E-state index in [0.29, 0.717) is 35.0 Å². The second-order valence-electron chi connectivity index (χ2n) is 6.14. The summed E-state index contributed by atoms with van der Waals surface area (Å²) in [5.74, 6) is 1.43. The molecule has 0 radical (unpaired) electrons. The molecule has 2 aromatic heterocycles. The molecular weight excluding hydrogens is 410 g/mol. The van der Waals surface area contributed by atoms with E-state index in [1.54, 1.807) is 6.33 Å². The number of thiazole rings is 1. The van der Waals surface area contributed by atoms with Crippen molar-refractivity contribution in [3.05, 3.63) is 48.8 Å². The quantitative estimate of drug-likeness (QED) is 0.490. The lowest BCUT2D eigenvalue weighted by atomic mass is 10.3. The molecule has 29 heavy (non-hydrogen) atoms. The van der Waals surface area contributed by atoms with Crippen LogP contribution < -0.4 is 14.8 Å². The maximum absolute atomic E-state index is 12.4. The molecule has 1 aliphatic rings. The summed E-state index contributed by atoms with van der Waals surface area (Å²) >= 11 is 2.72. The standard InChI is InChI=1S/C19H15N5O3S2/c25-17(10-28-19-23-20-11-24(19)12-4-2-1-3-5-12)22-18-21-13-8-14-15(9-16(13)29-18)27-7-6-26-14/h1-5,8-9,11H,6-7,10H2,(H,21,22,25). The fourth-order valence-electron chi connectivity index (χ4n) is 2.89. The van der Waals surface area contributed by atoms with Gasteiger partial charge in [-0.2, -0.15) is 0 Å². The number of anilines is 1. The van der Waals surface area contributed by atoms with Gasteiger partial charge in [0.2, 0.25) is 5.91 Å². The lowest BCUT2D eigenvalue weighted by molar-refractivity contribution is -0.113. The summed E-state index contributed by atoms with van der Waals surface area (Å²) in [6.45, 7) is 1.06. The van der Waals surface area contributed by atoms with E-state index in [4.69, 9.17) is 9.47 Å². The summed E-state index contributed by atoms with van der Waals surface area (Å²) < 4.78 is 14.0. The summed E-state index contributed by atoms with van der Waals surface area (Å²) in [4.78, 5) is 16.9. The molecule has 1 amide bonds. The Hall–Kier alpha value is -3.11. The van der Waals surface area contributed by atoms with Crippen molar-refractivity contribution in [2.75, 3.05) is 24.3 Å². The Morgan fingerprint density at radius 3 is 2.79 bits per heavy atom. The minimum atomic E-state index is -0.158. The Morgan fingerprint density at radius 2 is 1.97 bits per heavy atom. The number of benzene rings is 2. The van der Waals surface area contributed by atoms with Crippen molar-refractivity contribution in [3.8, 4) is 17.2 Å². The van der Waals surface area contributed by atoms with Crippen LogP contribution in [0.4, 0.5) is 5.13 Å². The number of carbonyl (C=O) groups is 1. The highest BCUT2D eigenvalue weighted by Gasteiger charge is 2.16. The van der Waals surface area contributed by atoms with Gasteiger partial charge in [0.1, 0.15) is 19.5 Å². The summed E-state index contributed by atoms with van der Waals surface area (Å²) in [6, 6.07) is 13.5. The predicted molar refractivity (Wildman–Crippen MR) is 111 cm³/mol. The summed E-state index contributed by atoms with van der Waals surface area (Å²) in [7, 11) is 0. The minimum absolute atomic E-state index is 0.158. The first-order chi connectivity index (χ1) is 14.3. The molecular formula is C19H15N5O3S2. The highest BCUT2D eigenvalue weighted by molar-refractivity contribution is 7.99. The van der Waals surface area contributed by atoms with Gasteiger partial charge in [0.05, 0.1) is 16.0 Å². The highest BCUT2D eigenvalue weighted by atomic mass is 32.2. The number of amides is 1. The number of para-hydroxylation sites is 1. The summed E-state index contributed by atoms with van der Waals surface area (Å²) in [5.41, 5.74) is 1.71. The van der Waals surface area contributed by atoms with Crippen molar-refractivity contribution >= 4 is 44.4 Å². The second-order valence-corrected chi connectivity index (χ2v) is 8.11. The number of fused-ring (bicyclic) bond motifs is 2. The summed E-state index contributed by atoms with van der Waals surface area (Å²) in [6.07, 6.45) is 1.63. The maximum Gasteiger partial charge on any atom is 0.236 e. The first-order valence-corrected chi connectivity index (χ1v) is 10.6. The number of aromatic nitrogens is 4. The van der Waals surface area contributed by atoms with Crippen molar-refractivity contribution in [2.24, 2.45) is 0 Å². The van der Waals surface area contributed by atoms with Crippen LogP contribution >= 0.6 is 23.1 Å². The van der Waals surface area contributed by atoms with Crippen molar-refractivity contribution in [2.45, 2.75) is 5.16 Å². The maximum atomic E-state index is 12.4. The van der Waals surface area contributed by atoms with Gasteiger partial charge in [-0.1, -0.05) is 41.3 Å². The zero-order valence-corrected chi connectivity index (χ0v) is 16.7. The molecule has 4 aromatic rings. The van der Waals surface area contributed by atoms with Crippen LogP contribution in [-0.4, -0.2) is 44.6 Å². The van der Waals surface area contributed by atoms with Crippen LogP contribution in [0.3, 0.4) is 0 Å². The molecule has 0 fully saturated rings. The average Bonchev–Trinajstić information content (AvgIpc) is 3.37. The van der Waals surface area contributed by atoms with Gasteiger partial charge in [-0.05, 0) is 12.1 Å². The highest BCUT2D eigenvalue weighted by Crippen LogP contribution is 2.37. The fourth-order valence-corrected chi connectivity index (χ4v) is 4.51. The largest absolute Gasteiger partial charge is 0.486 e. The molecule has 5 rings (SSSR count). The molecule has 0 aliphatic carbocycles. The lowest BCUT2D eigenvalue weighted by Crippen LogP contribution is -2.15. The number of thioether (sulfide) groups is 1. The molecule has 0 saturated carbocycles. The second kappa shape index (κ2) is 7.72. The smallest absolute Gasteiger partial charge is 0.236 e. The van der Waals surface area contributed by atoms with Gasteiger partial charge >= 0.3 is 0 Å². The van der Waals surface area contributed by atoms with Crippen LogP contribution in [0.2, 0.25) is 0 Å². The van der Waals surface area contributed by atoms with E-state index < -0.39 is 0 Å². The molecule has 146 valence electrons. The Bertz CT molecular complexity index is 1130. The van der Waals surface area contributed by atoms with Crippen molar-refractivity contribution < 1.29 is 14.3 Å². The molecule has 1 aliphatic heterocycles. The van der Waals surface area contributed by atoms with Gasteiger partial charge in [-0.15, -0.1) is 10.2 Å². The van der Waals surface area contributed by atoms with E-state index in [9.17, 15) is 4.79 Å². The van der Waals surface area contributed by atoms with Crippen LogP contribution in [-0.2, 0) is 4.79 Å². The van der Waals surface area contributed by atoms with Gasteiger partial charge in [-0.3, -0.25) is 9.36 Å². The Labute approximate surface area is 173 Å². The number of hydrogen-bond acceptors (Lipinski definition) is 8. The number of rotatable bonds is 5. The Morgan fingerprint density at radius 1 is 1.17 bits per heavy atom. The lowest BCUT2D eigenvalue weighted by Gasteiger charge is -2.17. The van der Waals surface area contributed by atoms with E-state index >= 15 is 0 Å². The van der Waals surface area contributed by atoms with Crippen LogP contribution in [0.25, 0.3) is 15.9 Å². The molecule has 10 heteroatoms. The van der Waals surface area contributed by atoms with Crippen molar-refractivity contribution in [3.63, 3.8) is 0 Å². The van der Waals surface area contributed by atoms with Crippen molar-refractivity contribution in [1.29, 1.82) is 0 Å². The molecule has 3 heterocycles. The normalized spacial score (nSPS) is 12.8. The number of hydrogen-bond donors (Lipinski definition) is 1. The Kier molecular flexibility index (Phi) is 4.78. The third-order valence-corrected chi connectivity index (χ3v) is 6.06. The molecule has 8 nitrogen and oxygen atoms in total. The first kappa shape index (κ1) is 18.0. The number of carbonyl (C=O) groups excluding carboxylic acids is 1. The molecule has 0 bridgehead atoms. The van der Waals surface area contributed by atoms with Crippen LogP contribution in [0.1, 0.15) is 0 Å². The molecule has 0 spiro atoms. The summed E-state index contributed by atoms with van der Waals surface area (Å²) in [5, 5.41) is 12.1. The third-order valence-electron chi connectivity index (χ3n) is 4.18. The monoisotopic (exact) mass is 425 g/mol. The van der Waals surface area contributed by atoms with E-state index in [0.717, 1.165) is 15.9 Å². The fraction of sp³-hybridized carbons (Fsp3) is 0.158. The zero-order valence-electron chi connectivity index (χ0n) is 15.1.